The van der Waals surface area contributed by atoms with E-state index >= 15 is 0 Å². The van der Waals surface area contributed by atoms with Gasteiger partial charge in [0.25, 0.3) is 0 Å². The average Bonchev–Trinajstić information content (AvgIpc) is 2.40. The molecule has 1 heterocycles. The van der Waals surface area contributed by atoms with E-state index < -0.39 is 0 Å². The molecule has 0 aliphatic heterocycles. The summed E-state index contributed by atoms with van der Waals surface area (Å²) in [6.45, 7) is 2.19. The predicted molar refractivity (Wildman–Crippen MR) is 45.4 cm³/mol. The number of alkyl halides is 1. The summed E-state index contributed by atoms with van der Waals surface area (Å²) in [6, 6.07) is 3.94. The highest BCUT2D eigenvalue weighted by Gasteiger charge is 2.02. The van der Waals surface area contributed by atoms with Crippen molar-refractivity contribution in [3.8, 4) is 0 Å². The van der Waals surface area contributed by atoms with Crippen molar-refractivity contribution < 1.29 is 4.42 Å². The summed E-state index contributed by atoms with van der Waals surface area (Å²) in [5.74, 6) is 1.73. The third-order valence-corrected chi connectivity index (χ3v) is 2.50. The Morgan fingerprint density at radius 1 is 1.70 bits per heavy atom. The number of furan rings is 1. The minimum atomic E-state index is 0.658. The van der Waals surface area contributed by atoms with Gasteiger partial charge >= 0.3 is 0 Å². The van der Waals surface area contributed by atoms with Gasteiger partial charge in [-0.2, -0.15) is 0 Å². The quantitative estimate of drug-likeness (QED) is 0.688. The smallest absolute Gasteiger partial charge is 0.104 e. The van der Waals surface area contributed by atoms with Gasteiger partial charge in [-0.05, 0) is 18.1 Å². The number of hydrogen-bond acceptors (Lipinski definition) is 1. The zero-order chi connectivity index (χ0) is 7.40. The summed E-state index contributed by atoms with van der Waals surface area (Å²) in [6.07, 6.45) is 2.74. The molecule has 0 amide bonds. The Labute approximate surface area is 69.6 Å². The lowest BCUT2D eigenvalue weighted by molar-refractivity contribution is 0.476. The molecule has 1 rings (SSSR count). The fraction of sp³-hybridized carbons (Fsp3) is 0.500. The minimum Gasteiger partial charge on any atom is -0.469 e. The second-order valence-electron chi connectivity index (χ2n) is 2.54. The van der Waals surface area contributed by atoms with E-state index in [0.717, 1.165) is 17.5 Å². The van der Waals surface area contributed by atoms with Crippen molar-refractivity contribution in [3.63, 3.8) is 0 Å². The molecule has 1 aromatic rings. The summed E-state index contributed by atoms with van der Waals surface area (Å²) < 4.78 is 5.19. The monoisotopic (exact) mass is 202 g/mol. The number of rotatable bonds is 3. The summed E-state index contributed by atoms with van der Waals surface area (Å²) in [5, 5.41) is 1.04. The molecule has 1 unspecified atom stereocenters. The molecule has 1 atom stereocenters. The summed E-state index contributed by atoms with van der Waals surface area (Å²) in [5.41, 5.74) is 0. The van der Waals surface area contributed by atoms with Gasteiger partial charge in [-0.3, -0.25) is 0 Å². The first-order valence-corrected chi connectivity index (χ1v) is 4.53. The van der Waals surface area contributed by atoms with Crippen LogP contribution in [-0.2, 0) is 6.42 Å². The molecule has 0 spiro atoms. The molecule has 0 radical (unpaired) electrons. The van der Waals surface area contributed by atoms with E-state index in [0.29, 0.717) is 5.92 Å². The third-order valence-electron chi connectivity index (χ3n) is 1.39. The Bertz CT molecular complexity index is 169. The van der Waals surface area contributed by atoms with Gasteiger partial charge in [0.05, 0.1) is 6.26 Å². The molecular weight excluding hydrogens is 192 g/mol. The third kappa shape index (κ3) is 2.18. The second kappa shape index (κ2) is 3.81. The van der Waals surface area contributed by atoms with Crippen LogP contribution in [0.2, 0.25) is 0 Å². The molecule has 0 bridgehead atoms. The van der Waals surface area contributed by atoms with E-state index in [-0.39, 0.29) is 0 Å². The van der Waals surface area contributed by atoms with E-state index in [1.807, 2.05) is 12.1 Å². The molecule has 56 valence electrons. The van der Waals surface area contributed by atoms with Crippen LogP contribution in [0.1, 0.15) is 12.7 Å². The first-order valence-electron chi connectivity index (χ1n) is 3.41. The van der Waals surface area contributed by atoms with Gasteiger partial charge in [0.15, 0.2) is 0 Å². The van der Waals surface area contributed by atoms with Crippen LogP contribution in [0.3, 0.4) is 0 Å². The summed E-state index contributed by atoms with van der Waals surface area (Å²) in [7, 11) is 0. The van der Waals surface area contributed by atoms with Crippen molar-refractivity contribution in [2.45, 2.75) is 13.3 Å². The van der Waals surface area contributed by atoms with E-state index in [1.54, 1.807) is 6.26 Å². The van der Waals surface area contributed by atoms with Crippen molar-refractivity contribution in [1.29, 1.82) is 0 Å². The maximum Gasteiger partial charge on any atom is 0.104 e. The summed E-state index contributed by atoms with van der Waals surface area (Å²) >= 11 is 3.42. The van der Waals surface area contributed by atoms with Crippen LogP contribution in [0.15, 0.2) is 22.8 Å². The van der Waals surface area contributed by atoms with Crippen LogP contribution in [0, 0.1) is 5.92 Å². The molecule has 1 aromatic heterocycles. The molecular formula is C8H11BrO. The molecule has 1 nitrogen and oxygen atoms in total. The van der Waals surface area contributed by atoms with Crippen LogP contribution in [0.5, 0.6) is 0 Å². The highest BCUT2D eigenvalue weighted by molar-refractivity contribution is 9.09. The Hall–Kier alpha value is -0.240. The van der Waals surface area contributed by atoms with Crippen molar-refractivity contribution in [2.24, 2.45) is 5.92 Å². The molecule has 0 saturated heterocycles. The molecule has 2 heteroatoms. The maximum atomic E-state index is 5.19. The Morgan fingerprint density at radius 2 is 2.50 bits per heavy atom. The van der Waals surface area contributed by atoms with Crippen LogP contribution in [0.4, 0.5) is 0 Å². The molecule has 0 aliphatic carbocycles. The van der Waals surface area contributed by atoms with E-state index in [2.05, 4.69) is 22.9 Å². The van der Waals surface area contributed by atoms with E-state index in [1.165, 1.54) is 0 Å². The van der Waals surface area contributed by atoms with Crippen molar-refractivity contribution in [2.75, 3.05) is 5.33 Å². The number of hydrogen-bond donors (Lipinski definition) is 0. The largest absolute Gasteiger partial charge is 0.469 e. The first-order chi connectivity index (χ1) is 4.83. The number of halogens is 1. The fourth-order valence-corrected chi connectivity index (χ4v) is 1.06. The van der Waals surface area contributed by atoms with Gasteiger partial charge in [0, 0.05) is 11.8 Å². The Balaban J connectivity index is 2.40. The maximum absolute atomic E-state index is 5.19. The van der Waals surface area contributed by atoms with Gasteiger partial charge in [-0.1, -0.05) is 22.9 Å². The first kappa shape index (κ1) is 7.86. The van der Waals surface area contributed by atoms with Crippen LogP contribution < -0.4 is 0 Å². The lowest BCUT2D eigenvalue weighted by atomic mass is 10.1. The lowest BCUT2D eigenvalue weighted by Crippen LogP contribution is -1.98. The molecule has 0 saturated carbocycles. The van der Waals surface area contributed by atoms with Crippen molar-refractivity contribution >= 4 is 15.9 Å². The van der Waals surface area contributed by atoms with Crippen LogP contribution in [-0.4, -0.2) is 5.33 Å². The van der Waals surface area contributed by atoms with Gasteiger partial charge in [0.2, 0.25) is 0 Å². The summed E-state index contributed by atoms with van der Waals surface area (Å²) in [4.78, 5) is 0. The van der Waals surface area contributed by atoms with E-state index in [4.69, 9.17) is 4.42 Å². The Morgan fingerprint density at radius 3 is 3.00 bits per heavy atom. The van der Waals surface area contributed by atoms with Crippen LogP contribution >= 0.6 is 15.9 Å². The lowest BCUT2D eigenvalue weighted by Gasteiger charge is -2.02. The molecule has 10 heavy (non-hydrogen) atoms. The molecule has 0 N–H and O–H groups in total. The zero-order valence-electron chi connectivity index (χ0n) is 6.01. The average molecular weight is 203 g/mol. The van der Waals surface area contributed by atoms with E-state index in [9.17, 15) is 0 Å². The standard InChI is InChI=1S/C8H11BrO/c1-7(6-9)5-8-3-2-4-10-8/h2-4,7H,5-6H2,1H3. The SMILES string of the molecule is CC(CBr)Cc1ccco1. The van der Waals surface area contributed by atoms with Gasteiger partial charge < -0.3 is 4.42 Å². The Kier molecular flexibility index (Phi) is 3.00. The molecule has 0 aliphatic rings. The van der Waals surface area contributed by atoms with Crippen molar-refractivity contribution in [1.82, 2.24) is 0 Å². The zero-order valence-corrected chi connectivity index (χ0v) is 7.60. The van der Waals surface area contributed by atoms with Gasteiger partial charge in [0.1, 0.15) is 5.76 Å². The second-order valence-corrected chi connectivity index (χ2v) is 3.19. The highest BCUT2D eigenvalue weighted by Crippen LogP contribution is 2.10. The van der Waals surface area contributed by atoms with Crippen LogP contribution in [0.25, 0.3) is 0 Å². The molecule has 0 aromatic carbocycles. The fourth-order valence-electron chi connectivity index (χ4n) is 0.827. The highest BCUT2D eigenvalue weighted by atomic mass is 79.9. The predicted octanol–water partition coefficient (Wildman–Crippen LogP) is 2.85. The topological polar surface area (TPSA) is 13.1 Å². The van der Waals surface area contributed by atoms with Gasteiger partial charge in [-0.15, -0.1) is 0 Å². The minimum absolute atomic E-state index is 0.658. The van der Waals surface area contributed by atoms with Gasteiger partial charge in [-0.25, -0.2) is 0 Å². The van der Waals surface area contributed by atoms with Crippen molar-refractivity contribution in [3.05, 3.63) is 24.2 Å². The molecule has 0 fully saturated rings. The normalized spacial score (nSPS) is 13.4.